The number of anilines is 1. The Labute approximate surface area is 123 Å². The molecular weight excluding hydrogens is 270 g/mol. The van der Waals surface area contributed by atoms with Gasteiger partial charge in [-0.05, 0) is 31.7 Å². The highest BCUT2D eigenvalue weighted by Gasteiger charge is 2.16. The van der Waals surface area contributed by atoms with Crippen LogP contribution in [-0.4, -0.2) is 33.8 Å². The van der Waals surface area contributed by atoms with Crippen molar-refractivity contribution in [2.75, 3.05) is 19.0 Å². The van der Waals surface area contributed by atoms with Crippen molar-refractivity contribution in [2.45, 2.75) is 39.2 Å². The van der Waals surface area contributed by atoms with Crippen LogP contribution >= 0.6 is 0 Å². The van der Waals surface area contributed by atoms with Gasteiger partial charge in [-0.15, -0.1) is 5.10 Å². The van der Waals surface area contributed by atoms with Crippen molar-refractivity contribution in [1.82, 2.24) is 20.2 Å². The van der Waals surface area contributed by atoms with E-state index in [1.54, 1.807) is 7.11 Å². The lowest BCUT2D eigenvalue weighted by atomic mass is 10.2. The summed E-state index contributed by atoms with van der Waals surface area (Å²) in [6.45, 7) is 3.05. The molecule has 0 aliphatic heterocycles. The summed E-state index contributed by atoms with van der Waals surface area (Å²) in [5.41, 5.74) is 3.68. The maximum atomic E-state index is 5.36. The standard InChI is InChI=1S/C14H19N5O2/c1-9-10-4-3-5-11(10)17-12(16-9)6-7-15-14-19-18-13(21-14)8-20-2/h3-8H2,1-2H3,(H,15,19). The van der Waals surface area contributed by atoms with Gasteiger partial charge in [0.1, 0.15) is 12.4 Å². The van der Waals surface area contributed by atoms with Gasteiger partial charge in [-0.25, -0.2) is 9.97 Å². The zero-order valence-electron chi connectivity index (χ0n) is 12.3. The van der Waals surface area contributed by atoms with Crippen LogP contribution in [0.15, 0.2) is 4.42 Å². The number of hydrogen-bond acceptors (Lipinski definition) is 7. The van der Waals surface area contributed by atoms with Gasteiger partial charge in [-0.1, -0.05) is 5.10 Å². The average Bonchev–Trinajstić information content (AvgIpc) is 3.09. The van der Waals surface area contributed by atoms with Gasteiger partial charge in [0.2, 0.25) is 5.89 Å². The van der Waals surface area contributed by atoms with Gasteiger partial charge in [-0.3, -0.25) is 0 Å². The first-order chi connectivity index (χ1) is 10.3. The number of hydrogen-bond donors (Lipinski definition) is 1. The Hall–Kier alpha value is -2.02. The van der Waals surface area contributed by atoms with E-state index in [1.807, 2.05) is 0 Å². The molecule has 7 nitrogen and oxygen atoms in total. The van der Waals surface area contributed by atoms with Crippen LogP contribution in [0.25, 0.3) is 0 Å². The number of rotatable bonds is 6. The van der Waals surface area contributed by atoms with Crippen molar-refractivity contribution in [2.24, 2.45) is 0 Å². The molecule has 3 rings (SSSR count). The molecule has 112 valence electrons. The number of aromatic nitrogens is 4. The summed E-state index contributed by atoms with van der Waals surface area (Å²) in [7, 11) is 1.59. The molecule has 2 aromatic heterocycles. The van der Waals surface area contributed by atoms with E-state index in [4.69, 9.17) is 9.15 Å². The molecule has 1 aliphatic rings. The molecule has 2 heterocycles. The molecule has 0 atom stereocenters. The van der Waals surface area contributed by atoms with Crippen LogP contribution in [0.1, 0.15) is 35.1 Å². The molecule has 2 aromatic rings. The van der Waals surface area contributed by atoms with Crippen molar-refractivity contribution in [3.63, 3.8) is 0 Å². The fourth-order valence-corrected chi connectivity index (χ4v) is 2.58. The van der Waals surface area contributed by atoms with Crippen molar-refractivity contribution >= 4 is 6.01 Å². The second kappa shape index (κ2) is 6.17. The van der Waals surface area contributed by atoms with E-state index in [0.717, 1.165) is 30.8 Å². The van der Waals surface area contributed by atoms with E-state index < -0.39 is 0 Å². The van der Waals surface area contributed by atoms with Crippen molar-refractivity contribution in [3.05, 3.63) is 28.7 Å². The minimum absolute atomic E-state index is 0.321. The molecule has 1 aliphatic carbocycles. The molecule has 1 N–H and O–H groups in total. The fraction of sp³-hybridized carbons (Fsp3) is 0.571. The molecule has 0 bridgehead atoms. The molecule has 0 amide bonds. The van der Waals surface area contributed by atoms with Gasteiger partial charge < -0.3 is 14.5 Å². The molecule has 0 unspecified atom stereocenters. The summed E-state index contributed by atoms with van der Waals surface area (Å²) < 4.78 is 10.3. The molecule has 0 saturated heterocycles. The Bertz CT molecular complexity index is 626. The highest BCUT2D eigenvalue weighted by atomic mass is 16.5. The van der Waals surface area contributed by atoms with E-state index >= 15 is 0 Å². The lowest BCUT2D eigenvalue weighted by Crippen LogP contribution is -2.10. The zero-order valence-corrected chi connectivity index (χ0v) is 12.3. The van der Waals surface area contributed by atoms with Crippen LogP contribution in [0.4, 0.5) is 6.01 Å². The summed E-state index contributed by atoms with van der Waals surface area (Å²) in [4.78, 5) is 9.22. The quantitative estimate of drug-likeness (QED) is 0.861. The molecule has 0 fully saturated rings. The Morgan fingerprint density at radius 3 is 3.00 bits per heavy atom. The van der Waals surface area contributed by atoms with E-state index in [9.17, 15) is 0 Å². The summed E-state index contributed by atoms with van der Waals surface area (Å²) in [6.07, 6.45) is 4.11. The van der Waals surface area contributed by atoms with Crippen molar-refractivity contribution in [1.29, 1.82) is 0 Å². The van der Waals surface area contributed by atoms with Crippen molar-refractivity contribution in [3.8, 4) is 0 Å². The average molecular weight is 289 g/mol. The van der Waals surface area contributed by atoms with E-state index in [0.29, 0.717) is 25.1 Å². The second-order valence-electron chi connectivity index (χ2n) is 5.11. The summed E-state index contributed by atoms with van der Waals surface area (Å²) in [5.74, 6) is 1.34. The van der Waals surface area contributed by atoms with Crippen LogP contribution in [0, 0.1) is 6.92 Å². The zero-order chi connectivity index (χ0) is 14.7. The molecule has 0 aromatic carbocycles. The first kappa shape index (κ1) is 13.9. The fourth-order valence-electron chi connectivity index (χ4n) is 2.58. The highest BCUT2D eigenvalue weighted by molar-refractivity contribution is 5.29. The third kappa shape index (κ3) is 3.18. The van der Waals surface area contributed by atoms with E-state index in [2.05, 4.69) is 32.4 Å². The summed E-state index contributed by atoms with van der Waals surface area (Å²) >= 11 is 0. The van der Waals surface area contributed by atoms with Gasteiger partial charge in [0.15, 0.2) is 0 Å². The minimum atomic E-state index is 0.321. The third-order valence-corrected chi connectivity index (χ3v) is 3.55. The number of methoxy groups -OCH3 is 1. The number of ether oxygens (including phenoxy) is 1. The first-order valence-corrected chi connectivity index (χ1v) is 7.16. The molecule has 21 heavy (non-hydrogen) atoms. The maximum Gasteiger partial charge on any atom is 0.315 e. The normalized spacial score (nSPS) is 13.4. The maximum absolute atomic E-state index is 5.36. The molecular formula is C14H19N5O2. The third-order valence-electron chi connectivity index (χ3n) is 3.55. The first-order valence-electron chi connectivity index (χ1n) is 7.16. The number of nitrogens with zero attached hydrogens (tertiary/aromatic N) is 4. The molecule has 7 heteroatoms. The second-order valence-corrected chi connectivity index (χ2v) is 5.11. The number of fused-ring (bicyclic) bond motifs is 1. The number of nitrogens with one attached hydrogen (secondary N) is 1. The molecule has 0 saturated carbocycles. The van der Waals surface area contributed by atoms with E-state index in [-0.39, 0.29) is 0 Å². The van der Waals surface area contributed by atoms with Crippen LogP contribution in [-0.2, 0) is 30.6 Å². The highest BCUT2D eigenvalue weighted by Crippen LogP contribution is 2.22. The molecule has 0 spiro atoms. The van der Waals surface area contributed by atoms with Crippen molar-refractivity contribution < 1.29 is 9.15 Å². The summed E-state index contributed by atoms with van der Waals surface area (Å²) in [5, 5.41) is 10.8. The van der Waals surface area contributed by atoms with Crippen LogP contribution < -0.4 is 5.32 Å². The Morgan fingerprint density at radius 1 is 1.24 bits per heavy atom. The van der Waals surface area contributed by atoms with Gasteiger partial charge >= 0.3 is 6.01 Å². The van der Waals surface area contributed by atoms with E-state index in [1.165, 1.54) is 17.7 Å². The Kier molecular flexibility index (Phi) is 4.10. The number of aryl methyl sites for hydroxylation is 2. The Balaban J connectivity index is 1.56. The SMILES string of the molecule is COCc1nnc(NCCc2nc(C)c3c(n2)CCC3)o1. The largest absolute Gasteiger partial charge is 0.406 e. The van der Waals surface area contributed by atoms with Gasteiger partial charge in [0, 0.05) is 31.5 Å². The molecule has 0 radical (unpaired) electrons. The van der Waals surface area contributed by atoms with Gasteiger partial charge in [0.05, 0.1) is 0 Å². The van der Waals surface area contributed by atoms with Crippen LogP contribution in [0.2, 0.25) is 0 Å². The van der Waals surface area contributed by atoms with Crippen LogP contribution in [0.5, 0.6) is 0 Å². The lowest BCUT2D eigenvalue weighted by Gasteiger charge is -2.06. The predicted molar refractivity (Wildman–Crippen MR) is 76.0 cm³/mol. The van der Waals surface area contributed by atoms with Crippen LogP contribution in [0.3, 0.4) is 0 Å². The van der Waals surface area contributed by atoms with Gasteiger partial charge in [-0.2, -0.15) is 0 Å². The Morgan fingerprint density at radius 2 is 2.14 bits per heavy atom. The lowest BCUT2D eigenvalue weighted by molar-refractivity contribution is 0.160. The van der Waals surface area contributed by atoms with Gasteiger partial charge in [0.25, 0.3) is 0 Å². The topological polar surface area (TPSA) is 86.0 Å². The smallest absolute Gasteiger partial charge is 0.315 e. The predicted octanol–water partition coefficient (Wildman–Crippen LogP) is 1.46. The minimum Gasteiger partial charge on any atom is -0.406 e. The monoisotopic (exact) mass is 289 g/mol. The summed E-state index contributed by atoms with van der Waals surface area (Å²) in [6, 6.07) is 0.403.